The van der Waals surface area contributed by atoms with E-state index in [1.165, 1.54) is 33.4 Å². The summed E-state index contributed by atoms with van der Waals surface area (Å²) in [4.78, 5) is 3.97. The molecule has 0 saturated carbocycles. The van der Waals surface area contributed by atoms with Gasteiger partial charge in [-0.1, -0.05) is 24.3 Å². The quantitative estimate of drug-likeness (QED) is 0.808. The Bertz CT molecular complexity index is 520. The van der Waals surface area contributed by atoms with Crippen molar-refractivity contribution in [3.63, 3.8) is 0 Å². The summed E-state index contributed by atoms with van der Waals surface area (Å²) in [5.41, 5.74) is 3.02. The fourth-order valence-corrected chi connectivity index (χ4v) is 3.84. The Balaban J connectivity index is 1.72. The van der Waals surface area contributed by atoms with Gasteiger partial charge in [0.1, 0.15) is 0 Å². The van der Waals surface area contributed by atoms with Crippen LogP contribution >= 0.6 is 27.3 Å². The second kappa shape index (κ2) is 4.92. The molecule has 0 spiro atoms. The molecular formula is C14H14BrNS. The number of hydrogen-bond donors (Lipinski definition) is 0. The van der Waals surface area contributed by atoms with Gasteiger partial charge in [-0.2, -0.15) is 0 Å². The van der Waals surface area contributed by atoms with E-state index in [9.17, 15) is 0 Å². The average Bonchev–Trinajstić information content (AvgIpc) is 2.75. The largest absolute Gasteiger partial charge is 0.294 e. The molecule has 0 fully saturated rings. The Hall–Kier alpha value is -0.640. The number of halogens is 1. The predicted octanol–water partition coefficient (Wildman–Crippen LogP) is 4.07. The van der Waals surface area contributed by atoms with Crippen molar-refractivity contribution in [3.8, 4) is 0 Å². The van der Waals surface area contributed by atoms with Crippen molar-refractivity contribution < 1.29 is 0 Å². The molecule has 1 aliphatic heterocycles. The second-order valence-electron chi connectivity index (χ2n) is 4.46. The zero-order valence-corrected chi connectivity index (χ0v) is 11.9. The van der Waals surface area contributed by atoms with E-state index in [4.69, 9.17) is 0 Å². The Morgan fingerprint density at radius 3 is 2.82 bits per heavy atom. The van der Waals surface area contributed by atoms with E-state index in [1.807, 2.05) is 11.3 Å². The molecule has 0 unspecified atom stereocenters. The van der Waals surface area contributed by atoms with E-state index in [0.29, 0.717) is 0 Å². The van der Waals surface area contributed by atoms with Gasteiger partial charge in [0.05, 0.1) is 0 Å². The van der Waals surface area contributed by atoms with Gasteiger partial charge in [0.2, 0.25) is 0 Å². The van der Waals surface area contributed by atoms with E-state index < -0.39 is 0 Å². The summed E-state index contributed by atoms with van der Waals surface area (Å²) in [6.07, 6.45) is 1.18. The molecule has 0 N–H and O–H groups in total. The van der Waals surface area contributed by atoms with Crippen LogP contribution in [0.15, 0.2) is 40.2 Å². The molecule has 1 aromatic heterocycles. The predicted molar refractivity (Wildman–Crippen MR) is 76.3 cm³/mol. The van der Waals surface area contributed by atoms with Gasteiger partial charge >= 0.3 is 0 Å². The summed E-state index contributed by atoms with van der Waals surface area (Å²) in [5.74, 6) is 0. The maximum absolute atomic E-state index is 3.51. The number of thiophene rings is 1. The van der Waals surface area contributed by atoms with Crippen LogP contribution in [0.25, 0.3) is 0 Å². The molecule has 2 heterocycles. The van der Waals surface area contributed by atoms with E-state index in [-0.39, 0.29) is 0 Å². The first-order valence-corrected chi connectivity index (χ1v) is 7.50. The molecule has 0 atom stereocenters. The highest BCUT2D eigenvalue weighted by molar-refractivity contribution is 9.10. The van der Waals surface area contributed by atoms with Crippen molar-refractivity contribution in [2.75, 3.05) is 6.54 Å². The molecule has 0 radical (unpaired) electrons. The smallest absolute Gasteiger partial charge is 0.0332 e. The minimum Gasteiger partial charge on any atom is -0.294 e. The lowest BCUT2D eigenvalue weighted by atomic mass is 10.00. The van der Waals surface area contributed by atoms with Crippen molar-refractivity contribution in [1.82, 2.24) is 4.90 Å². The van der Waals surface area contributed by atoms with Crippen molar-refractivity contribution in [1.29, 1.82) is 0 Å². The maximum Gasteiger partial charge on any atom is 0.0332 e. The van der Waals surface area contributed by atoms with Gasteiger partial charge in [-0.3, -0.25) is 4.90 Å². The van der Waals surface area contributed by atoms with Crippen LogP contribution in [0.4, 0.5) is 0 Å². The molecule has 2 aromatic rings. The number of rotatable bonds is 2. The van der Waals surface area contributed by atoms with Crippen LogP contribution in [0.3, 0.4) is 0 Å². The first kappa shape index (κ1) is 11.5. The first-order valence-electron chi connectivity index (χ1n) is 5.83. The van der Waals surface area contributed by atoms with Crippen molar-refractivity contribution in [2.24, 2.45) is 0 Å². The summed E-state index contributed by atoms with van der Waals surface area (Å²) in [6, 6.07) is 11.0. The summed E-state index contributed by atoms with van der Waals surface area (Å²) in [7, 11) is 0. The molecule has 17 heavy (non-hydrogen) atoms. The molecule has 0 amide bonds. The molecule has 88 valence electrons. The molecule has 1 aromatic carbocycles. The normalized spacial score (nSPS) is 15.8. The molecule has 0 bridgehead atoms. The molecular weight excluding hydrogens is 294 g/mol. The van der Waals surface area contributed by atoms with Gasteiger partial charge in [0.15, 0.2) is 0 Å². The SMILES string of the molecule is Brc1csc(CN2CCc3ccccc3C2)c1. The third kappa shape index (κ3) is 2.62. The minimum absolute atomic E-state index is 1.07. The molecule has 0 saturated heterocycles. The van der Waals surface area contributed by atoms with Crippen molar-refractivity contribution in [2.45, 2.75) is 19.5 Å². The summed E-state index contributed by atoms with van der Waals surface area (Å²) in [6.45, 7) is 3.34. The Kier molecular flexibility index (Phi) is 3.32. The average molecular weight is 308 g/mol. The molecule has 0 aliphatic carbocycles. The van der Waals surface area contributed by atoms with Gasteiger partial charge in [-0.05, 0) is 39.5 Å². The number of benzene rings is 1. The highest BCUT2D eigenvalue weighted by Crippen LogP contribution is 2.24. The van der Waals surface area contributed by atoms with Crippen LogP contribution in [0.1, 0.15) is 16.0 Å². The third-order valence-corrected chi connectivity index (χ3v) is 4.89. The van der Waals surface area contributed by atoms with Crippen LogP contribution in [-0.2, 0) is 19.5 Å². The lowest BCUT2D eigenvalue weighted by Gasteiger charge is -2.28. The molecule has 1 nitrogen and oxygen atoms in total. The lowest BCUT2D eigenvalue weighted by Crippen LogP contribution is -2.29. The Morgan fingerprint density at radius 2 is 2.06 bits per heavy atom. The fraction of sp³-hybridized carbons (Fsp3) is 0.286. The second-order valence-corrected chi connectivity index (χ2v) is 6.37. The Labute approximate surface area is 114 Å². The van der Waals surface area contributed by atoms with E-state index >= 15 is 0 Å². The van der Waals surface area contributed by atoms with Crippen LogP contribution in [0.2, 0.25) is 0 Å². The maximum atomic E-state index is 3.51. The summed E-state index contributed by atoms with van der Waals surface area (Å²) in [5, 5.41) is 2.16. The summed E-state index contributed by atoms with van der Waals surface area (Å²) >= 11 is 5.35. The van der Waals surface area contributed by atoms with Crippen molar-refractivity contribution >= 4 is 27.3 Å². The van der Waals surface area contributed by atoms with Crippen LogP contribution < -0.4 is 0 Å². The highest BCUT2D eigenvalue weighted by atomic mass is 79.9. The fourth-order valence-electron chi connectivity index (χ4n) is 2.35. The lowest BCUT2D eigenvalue weighted by molar-refractivity contribution is 0.248. The van der Waals surface area contributed by atoms with Gasteiger partial charge in [0, 0.05) is 34.4 Å². The number of hydrogen-bond acceptors (Lipinski definition) is 2. The van der Waals surface area contributed by atoms with Crippen LogP contribution in [0, 0.1) is 0 Å². The van der Waals surface area contributed by atoms with E-state index in [1.54, 1.807) is 0 Å². The van der Waals surface area contributed by atoms with E-state index in [0.717, 1.165) is 13.1 Å². The standard InChI is InChI=1S/C14H14BrNS/c15-13-7-14(17-10-13)9-16-6-5-11-3-1-2-4-12(11)8-16/h1-4,7,10H,5-6,8-9H2. The molecule has 3 rings (SSSR count). The molecule has 1 aliphatic rings. The van der Waals surface area contributed by atoms with Crippen LogP contribution in [0.5, 0.6) is 0 Å². The van der Waals surface area contributed by atoms with Crippen LogP contribution in [-0.4, -0.2) is 11.4 Å². The first-order chi connectivity index (χ1) is 8.31. The van der Waals surface area contributed by atoms with Gasteiger partial charge < -0.3 is 0 Å². The monoisotopic (exact) mass is 307 g/mol. The molecule has 3 heteroatoms. The van der Waals surface area contributed by atoms with E-state index in [2.05, 4.69) is 56.5 Å². The van der Waals surface area contributed by atoms with Gasteiger partial charge in [0.25, 0.3) is 0 Å². The highest BCUT2D eigenvalue weighted by Gasteiger charge is 2.16. The summed E-state index contributed by atoms with van der Waals surface area (Å²) < 4.78 is 1.20. The zero-order chi connectivity index (χ0) is 11.7. The van der Waals surface area contributed by atoms with Gasteiger partial charge in [-0.15, -0.1) is 11.3 Å². The third-order valence-electron chi connectivity index (χ3n) is 3.21. The zero-order valence-electron chi connectivity index (χ0n) is 9.53. The number of nitrogens with zero attached hydrogens (tertiary/aromatic N) is 1. The topological polar surface area (TPSA) is 3.24 Å². The minimum atomic E-state index is 1.07. The number of fused-ring (bicyclic) bond motifs is 1. The van der Waals surface area contributed by atoms with Crippen molar-refractivity contribution in [3.05, 3.63) is 56.2 Å². The van der Waals surface area contributed by atoms with Gasteiger partial charge in [-0.25, -0.2) is 0 Å². The Morgan fingerprint density at radius 1 is 1.24 bits per heavy atom.